The van der Waals surface area contributed by atoms with Crippen molar-refractivity contribution in [3.8, 4) is 0 Å². The van der Waals surface area contributed by atoms with Gasteiger partial charge in [-0.2, -0.15) is 13.2 Å². The molecule has 1 heterocycles. The van der Waals surface area contributed by atoms with Gasteiger partial charge in [0.2, 0.25) is 5.91 Å². The van der Waals surface area contributed by atoms with Crippen LogP contribution in [-0.2, 0) is 22.1 Å². The molecule has 7 heteroatoms. The number of alkyl halides is 3. The van der Waals surface area contributed by atoms with Gasteiger partial charge in [-0.25, -0.2) is 0 Å². The van der Waals surface area contributed by atoms with Gasteiger partial charge in [0.05, 0.1) is 18.6 Å². The maximum Gasteiger partial charge on any atom is 0.416 e. The molecule has 104 valence electrons. The maximum atomic E-state index is 13.0. The van der Waals surface area contributed by atoms with Crippen molar-refractivity contribution in [2.24, 2.45) is 0 Å². The van der Waals surface area contributed by atoms with Crippen LogP contribution in [0.5, 0.6) is 0 Å². The molecule has 0 N–H and O–H groups in total. The molecule has 0 fully saturated rings. The Bertz CT molecular complexity index is 516. The Hall–Kier alpha value is -0.830. The third kappa shape index (κ3) is 2.86. The summed E-state index contributed by atoms with van der Waals surface area (Å²) in [6, 6.07) is 2.68. The lowest BCUT2D eigenvalue weighted by atomic mass is 10.0. The zero-order valence-electron chi connectivity index (χ0n) is 10.1. The van der Waals surface area contributed by atoms with E-state index in [9.17, 15) is 18.0 Å². The number of halogens is 4. The molecule has 3 nitrogen and oxygen atoms in total. The number of nitrogens with zero attached hydrogens (tertiary/aromatic N) is 1. The van der Waals surface area contributed by atoms with Gasteiger partial charge in [0.1, 0.15) is 0 Å². The van der Waals surface area contributed by atoms with Gasteiger partial charge < -0.3 is 9.64 Å². The Morgan fingerprint density at radius 1 is 1.42 bits per heavy atom. The fourth-order valence-electron chi connectivity index (χ4n) is 2.11. The van der Waals surface area contributed by atoms with Crippen LogP contribution in [0, 0.1) is 3.57 Å². The minimum atomic E-state index is -4.44. The Labute approximate surface area is 121 Å². The summed E-state index contributed by atoms with van der Waals surface area (Å²) in [4.78, 5) is 13.2. The lowest BCUT2D eigenvalue weighted by Crippen LogP contribution is -2.30. The smallest absolute Gasteiger partial charge is 0.383 e. The molecular weight excluding hydrogens is 374 g/mol. The zero-order chi connectivity index (χ0) is 14.2. The minimum Gasteiger partial charge on any atom is -0.383 e. The number of ether oxygens (including phenoxy) is 1. The minimum absolute atomic E-state index is 0.0639. The maximum absolute atomic E-state index is 13.0. The SMILES string of the molecule is COCCN1C(=O)Cc2c1cc(I)cc2C(F)(F)F. The molecule has 0 aliphatic carbocycles. The molecule has 0 unspecified atom stereocenters. The number of hydrogen-bond donors (Lipinski definition) is 0. The number of rotatable bonds is 3. The fraction of sp³-hybridized carbons (Fsp3) is 0.417. The first-order chi connectivity index (χ1) is 8.84. The van der Waals surface area contributed by atoms with Crippen LogP contribution in [-0.4, -0.2) is 26.2 Å². The predicted molar refractivity (Wildman–Crippen MR) is 72.1 cm³/mol. The Morgan fingerprint density at radius 3 is 2.68 bits per heavy atom. The van der Waals surface area contributed by atoms with Crippen molar-refractivity contribution < 1.29 is 22.7 Å². The molecule has 0 saturated carbocycles. The van der Waals surface area contributed by atoms with Gasteiger partial charge in [-0.05, 0) is 40.3 Å². The van der Waals surface area contributed by atoms with E-state index >= 15 is 0 Å². The van der Waals surface area contributed by atoms with E-state index in [1.54, 1.807) is 6.07 Å². The second-order valence-corrected chi connectivity index (χ2v) is 5.41. The Morgan fingerprint density at radius 2 is 2.11 bits per heavy atom. The normalized spacial score (nSPS) is 15.0. The molecule has 0 bridgehead atoms. The van der Waals surface area contributed by atoms with E-state index in [2.05, 4.69) is 0 Å². The molecule has 1 aliphatic heterocycles. The van der Waals surface area contributed by atoms with E-state index in [0.29, 0.717) is 9.26 Å². The number of fused-ring (bicyclic) bond motifs is 1. The standard InChI is InChI=1S/C12H11F3INO2/c1-19-3-2-17-10-5-7(16)4-9(12(13,14)15)8(10)6-11(17)18/h4-5H,2-3,6H2,1H3. The predicted octanol–water partition coefficient (Wildman–Crippen LogP) is 2.85. The molecule has 0 radical (unpaired) electrons. The van der Waals surface area contributed by atoms with E-state index < -0.39 is 11.7 Å². The average molecular weight is 385 g/mol. The van der Waals surface area contributed by atoms with Crippen LogP contribution in [0.4, 0.5) is 18.9 Å². The molecule has 1 aromatic carbocycles. The molecule has 19 heavy (non-hydrogen) atoms. The van der Waals surface area contributed by atoms with Crippen molar-refractivity contribution in [3.05, 3.63) is 26.8 Å². The van der Waals surface area contributed by atoms with Crippen LogP contribution in [0.2, 0.25) is 0 Å². The number of methoxy groups -OCH3 is 1. The van der Waals surface area contributed by atoms with Gasteiger partial charge in [0, 0.05) is 22.9 Å². The lowest BCUT2D eigenvalue weighted by molar-refractivity contribution is -0.138. The van der Waals surface area contributed by atoms with Crippen LogP contribution in [0.3, 0.4) is 0 Å². The largest absolute Gasteiger partial charge is 0.416 e. The lowest BCUT2D eigenvalue weighted by Gasteiger charge is -2.18. The summed E-state index contributed by atoms with van der Waals surface area (Å²) in [7, 11) is 1.48. The summed E-state index contributed by atoms with van der Waals surface area (Å²) < 4.78 is 44.3. The molecule has 1 aromatic rings. The molecule has 1 aliphatic rings. The van der Waals surface area contributed by atoms with Crippen molar-refractivity contribution in [2.75, 3.05) is 25.2 Å². The molecule has 0 aromatic heterocycles. The van der Waals surface area contributed by atoms with Gasteiger partial charge >= 0.3 is 6.18 Å². The number of carbonyl (C=O) groups excluding carboxylic acids is 1. The number of anilines is 1. The van der Waals surface area contributed by atoms with Crippen LogP contribution in [0.15, 0.2) is 12.1 Å². The number of carbonyl (C=O) groups is 1. The van der Waals surface area contributed by atoms with E-state index in [-0.39, 0.29) is 31.0 Å². The average Bonchev–Trinajstić information content (AvgIpc) is 2.60. The Kier molecular flexibility index (Phi) is 4.05. The van der Waals surface area contributed by atoms with E-state index in [4.69, 9.17) is 4.74 Å². The first-order valence-electron chi connectivity index (χ1n) is 5.53. The summed E-state index contributed by atoms with van der Waals surface area (Å²) in [5.74, 6) is -0.320. The molecular formula is C12H11F3INO2. The van der Waals surface area contributed by atoms with Crippen LogP contribution < -0.4 is 4.90 Å². The zero-order valence-corrected chi connectivity index (χ0v) is 12.2. The fourth-order valence-corrected chi connectivity index (χ4v) is 2.72. The first-order valence-corrected chi connectivity index (χ1v) is 6.61. The first kappa shape index (κ1) is 14.6. The summed E-state index contributed by atoms with van der Waals surface area (Å²) in [5.41, 5.74) is -0.307. The molecule has 0 saturated heterocycles. The van der Waals surface area contributed by atoms with Crippen molar-refractivity contribution in [1.82, 2.24) is 0 Å². The van der Waals surface area contributed by atoms with Crippen LogP contribution in [0.1, 0.15) is 11.1 Å². The number of hydrogen-bond acceptors (Lipinski definition) is 2. The van der Waals surface area contributed by atoms with Gasteiger partial charge in [0.25, 0.3) is 0 Å². The monoisotopic (exact) mass is 385 g/mol. The third-order valence-corrected chi connectivity index (χ3v) is 3.56. The van der Waals surface area contributed by atoms with Crippen LogP contribution in [0.25, 0.3) is 0 Å². The number of amides is 1. The van der Waals surface area contributed by atoms with Crippen molar-refractivity contribution >= 4 is 34.2 Å². The quantitative estimate of drug-likeness (QED) is 0.750. The third-order valence-electron chi connectivity index (χ3n) is 2.94. The van der Waals surface area contributed by atoms with E-state index in [1.165, 1.54) is 12.0 Å². The second kappa shape index (κ2) is 5.28. The van der Waals surface area contributed by atoms with Gasteiger partial charge in [-0.15, -0.1) is 0 Å². The highest BCUT2D eigenvalue weighted by atomic mass is 127. The second-order valence-electron chi connectivity index (χ2n) is 4.16. The summed E-state index contributed by atoms with van der Waals surface area (Å²) >= 11 is 1.82. The van der Waals surface area contributed by atoms with Crippen LogP contribution >= 0.6 is 22.6 Å². The van der Waals surface area contributed by atoms with Gasteiger partial charge in [0.15, 0.2) is 0 Å². The van der Waals surface area contributed by atoms with E-state index in [0.717, 1.165) is 6.07 Å². The Balaban J connectivity index is 2.48. The van der Waals surface area contributed by atoms with Gasteiger partial charge in [-0.1, -0.05) is 0 Å². The topological polar surface area (TPSA) is 29.5 Å². The molecule has 2 rings (SSSR count). The summed E-state index contributed by atoms with van der Waals surface area (Å²) in [6.45, 7) is 0.553. The van der Waals surface area contributed by atoms with Crippen molar-refractivity contribution in [2.45, 2.75) is 12.6 Å². The van der Waals surface area contributed by atoms with E-state index in [1.807, 2.05) is 22.6 Å². The molecule has 0 atom stereocenters. The summed E-state index contributed by atoms with van der Waals surface area (Å²) in [6.07, 6.45) is -4.65. The molecule has 0 spiro atoms. The molecule has 1 amide bonds. The van der Waals surface area contributed by atoms with Crippen molar-refractivity contribution in [3.63, 3.8) is 0 Å². The van der Waals surface area contributed by atoms with Gasteiger partial charge in [-0.3, -0.25) is 4.79 Å². The number of benzene rings is 1. The highest BCUT2D eigenvalue weighted by Gasteiger charge is 2.39. The summed E-state index contributed by atoms with van der Waals surface area (Å²) in [5, 5.41) is 0. The highest BCUT2D eigenvalue weighted by Crippen LogP contribution is 2.41. The highest BCUT2D eigenvalue weighted by molar-refractivity contribution is 14.1. The van der Waals surface area contributed by atoms with Crippen molar-refractivity contribution in [1.29, 1.82) is 0 Å².